The molecule has 2 rings (SSSR count). The molecule has 84 valence electrons. The molecule has 2 aromatic rings. The van der Waals surface area contributed by atoms with Crippen molar-refractivity contribution in [2.75, 3.05) is 5.73 Å². The van der Waals surface area contributed by atoms with Gasteiger partial charge >= 0.3 is 0 Å². The Hall–Kier alpha value is -1.77. The number of hydrogen-bond acceptors (Lipinski definition) is 2. The molecule has 0 saturated carbocycles. The topological polar surface area (TPSA) is 43.8 Å². The number of benzene rings is 1. The van der Waals surface area contributed by atoms with E-state index < -0.39 is 0 Å². The van der Waals surface area contributed by atoms with Crippen molar-refractivity contribution < 1.29 is 0 Å². The molecular formula is C13H17N3. The Kier molecular flexibility index (Phi) is 2.95. The predicted octanol–water partition coefficient (Wildman–Crippen LogP) is 2.38. The van der Waals surface area contributed by atoms with Crippen molar-refractivity contribution in [1.82, 2.24) is 9.78 Å². The summed E-state index contributed by atoms with van der Waals surface area (Å²) >= 11 is 0. The molecule has 1 aromatic carbocycles. The Bertz CT molecular complexity index is 468. The van der Waals surface area contributed by atoms with E-state index in [1.165, 1.54) is 11.1 Å². The van der Waals surface area contributed by atoms with Gasteiger partial charge in [0, 0.05) is 6.07 Å². The highest BCUT2D eigenvalue weighted by atomic mass is 15.3. The van der Waals surface area contributed by atoms with E-state index in [1.54, 1.807) is 0 Å². The quantitative estimate of drug-likeness (QED) is 0.854. The molecule has 1 heterocycles. The third kappa shape index (κ3) is 2.24. The van der Waals surface area contributed by atoms with E-state index in [2.05, 4.69) is 36.3 Å². The smallest absolute Gasteiger partial charge is 0.122 e. The van der Waals surface area contributed by atoms with Crippen molar-refractivity contribution in [2.24, 2.45) is 0 Å². The van der Waals surface area contributed by atoms with Crippen LogP contribution in [0.3, 0.4) is 0 Å². The lowest BCUT2D eigenvalue weighted by Gasteiger charge is -2.05. The lowest BCUT2D eigenvalue weighted by atomic mass is 10.1. The Morgan fingerprint density at radius 2 is 1.81 bits per heavy atom. The Morgan fingerprint density at radius 3 is 2.31 bits per heavy atom. The first-order valence-electron chi connectivity index (χ1n) is 5.57. The number of hydrogen-bond donors (Lipinski definition) is 1. The molecule has 0 atom stereocenters. The maximum atomic E-state index is 5.85. The Labute approximate surface area is 95.9 Å². The van der Waals surface area contributed by atoms with Crippen LogP contribution in [0.5, 0.6) is 0 Å². The molecular weight excluding hydrogens is 198 g/mol. The molecule has 0 fully saturated rings. The number of rotatable bonds is 3. The first-order valence-corrected chi connectivity index (χ1v) is 5.57. The summed E-state index contributed by atoms with van der Waals surface area (Å²) in [6.45, 7) is 4.85. The molecule has 0 radical (unpaired) electrons. The second-order valence-electron chi connectivity index (χ2n) is 4.04. The predicted molar refractivity (Wildman–Crippen MR) is 66.3 cm³/mol. The van der Waals surface area contributed by atoms with Crippen LogP contribution in [0.2, 0.25) is 0 Å². The van der Waals surface area contributed by atoms with Gasteiger partial charge in [-0.2, -0.15) is 5.10 Å². The number of aromatic nitrogens is 2. The normalized spacial score (nSPS) is 10.6. The molecule has 3 nitrogen and oxygen atoms in total. The molecule has 0 aliphatic rings. The van der Waals surface area contributed by atoms with Crippen LogP contribution in [0, 0.1) is 6.92 Å². The highest BCUT2D eigenvalue weighted by Gasteiger charge is 2.02. The minimum atomic E-state index is 0.720. The number of aryl methyl sites for hydroxylation is 2. The largest absolute Gasteiger partial charge is 0.384 e. The van der Waals surface area contributed by atoms with Crippen molar-refractivity contribution in [2.45, 2.75) is 26.8 Å². The maximum absolute atomic E-state index is 5.85. The van der Waals surface area contributed by atoms with Gasteiger partial charge in [0.05, 0.1) is 12.2 Å². The zero-order chi connectivity index (χ0) is 11.5. The SMILES string of the molecule is CCc1ccc(Cn2nc(C)cc2N)cc1. The zero-order valence-corrected chi connectivity index (χ0v) is 9.77. The van der Waals surface area contributed by atoms with E-state index in [0.717, 1.165) is 24.5 Å². The average Bonchev–Trinajstić information content (AvgIpc) is 2.59. The summed E-state index contributed by atoms with van der Waals surface area (Å²) in [6.07, 6.45) is 1.07. The second kappa shape index (κ2) is 4.39. The molecule has 3 heteroatoms. The Balaban J connectivity index is 2.17. The van der Waals surface area contributed by atoms with E-state index in [0.29, 0.717) is 0 Å². The van der Waals surface area contributed by atoms with Gasteiger partial charge in [-0.1, -0.05) is 31.2 Å². The number of nitrogen functional groups attached to an aromatic ring is 1. The van der Waals surface area contributed by atoms with E-state index >= 15 is 0 Å². The van der Waals surface area contributed by atoms with Gasteiger partial charge in [0.1, 0.15) is 5.82 Å². The van der Waals surface area contributed by atoms with Gasteiger partial charge in [-0.15, -0.1) is 0 Å². The van der Waals surface area contributed by atoms with Crippen molar-refractivity contribution in [1.29, 1.82) is 0 Å². The van der Waals surface area contributed by atoms with Gasteiger partial charge in [0.15, 0.2) is 0 Å². The zero-order valence-electron chi connectivity index (χ0n) is 9.77. The maximum Gasteiger partial charge on any atom is 0.122 e. The first-order chi connectivity index (χ1) is 7.69. The highest BCUT2D eigenvalue weighted by Crippen LogP contribution is 2.10. The van der Waals surface area contributed by atoms with Crippen LogP contribution < -0.4 is 5.73 Å². The summed E-state index contributed by atoms with van der Waals surface area (Å²) in [5.74, 6) is 0.720. The van der Waals surface area contributed by atoms with Crippen LogP contribution in [0.15, 0.2) is 30.3 Å². The van der Waals surface area contributed by atoms with Gasteiger partial charge in [-0.05, 0) is 24.5 Å². The summed E-state index contributed by atoms with van der Waals surface area (Å²) in [6, 6.07) is 10.5. The van der Waals surface area contributed by atoms with Gasteiger partial charge in [0.25, 0.3) is 0 Å². The lowest BCUT2D eigenvalue weighted by molar-refractivity contribution is 0.689. The van der Waals surface area contributed by atoms with Crippen LogP contribution in [0.25, 0.3) is 0 Å². The summed E-state index contributed by atoms with van der Waals surface area (Å²) in [4.78, 5) is 0. The van der Waals surface area contributed by atoms with Crippen molar-refractivity contribution in [3.63, 3.8) is 0 Å². The minimum absolute atomic E-state index is 0.720. The van der Waals surface area contributed by atoms with Crippen LogP contribution in [-0.2, 0) is 13.0 Å². The van der Waals surface area contributed by atoms with Crippen LogP contribution in [0.4, 0.5) is 5.82 Å². The van der Waals surface area contributed by atoms with Gasteiger partial charge in [-0.3, -0.25) is 0 Å². The minimum Gasteiger partial charge on any atom is -0.384 e. The summed E-state index contributed by atoms with van der Waals surface area (Å²) in [7, 11) is 0. The number of anilines is 1. The van der Waals surface area contributed by atoms with Gasteiger partial charge < -0.3 is 5.73 Å². The third-order valence-corrected chi connectivity index (χ3v) is 2.70. The molecule has 0 unspecified atom stereocenters. The fourth-order valence-corrected chi connectivity index (χ4v) is 1.75. The van der Waals surface area contributed by atoms with Crippen LogP contribution >= 0.6 is 0 Å². The molecule has 0 bridgehead atoms. The van der Waals surface area contributed by atoms with Crippen LogP contribution in [0.1, 0.15) is 23.7 Å². The fraction of sp³-hybridized carbons (Fsp3) is 0.308. The highest BCUT2D eigenvalue weighted by molar-refractivity contribution is 5.32. The molecule has 16 heavy (non-hydrogen) atoms. The molecule has 1 aromatic heterocycles. The van der Waals surface area contributed by atoms with E-state index in [-0.39, 0.29) is 0 Å². The summed E-state index contributed by atoms with van der Waals surface area (Å²) in [5, 5.41) is 4.34. The first kappa shape index (κ1) is 10.7. The van der Waals surface area contributed by atoms with Crippen LogP contribution in [-0.4, -0.2) is 9.78 Å². The van der Waals surface area contributed by atoms with E-state index in [1.807, 2.05) is 17.7 Å². The van der Waals surface area contributed by atoms with Gasteiger partial charge in [0.2, 0.25) is 0 Å². The molecule has 0 aliphatic carbocycles. The van der Waals surface area contributed by atoms with Gasteiger partial charge in [-0.25, -0.2) is 4.68 Å². The van der Waals surface area contributed by atoms with Crippen molar-refractivity contribution in [3.05, 3.63) is 47.2 Å². The molecule has 0 spiro atoms. The molecule has 0 saturated heterocycles. The summed E-state index contributed by atoms with van der Waals surface area (Å²) < 4.78 is 1.83. The molecule has 0 amide bonds. The second-order valence-corrected chi connectivity index (χ2v) is 4.04. The molecule has 0 aliphatic heterocycles. The molecule has 2 N–H and O–H groups in total. The van der Waals surface area contributed by atoms with E-state index in [4.69, 9.17) is 5.73 Å². The number of nitrogens with two attached hydrogens (primary N) is 1. The standard InChI is InChI=1S/C13H17N3/c1-3-11-4-6-12(7-5-11)9-16-13(14)8-10(2)15-16/h4-8H,3,9,14H2,1-2H3. The monoisotopic (exact) mass is 215 g/mol. The Morgan fingerprint density at radius 1 is 1.19 bits per heavy atom. The summed E-state index contributed by atoms with van der Waals surface area (Å²) in [5.41, 5.74) is 9.39. The number of nitrogens with zero attached hydrogens (tertiary/aromatic N) is 2. The van der Waals surface area contributed by atoms with Crippen molar-refractivity contribution in [3.8, 4) is 0 Å². The average molecular weight is 215 g/mol. The van der Waals surface area contributed by atoms with Crippen molar-refractivity contribution >= 4 is 5.82 Å². The van der Waals surface area contributed by atoms with E-state index in [9.17, 15) is 0 Å². The fourth-order valence-electron chi connectivity index (χ4n) is 1.75. The third-order valence-electron chi connectivity index (χ3n) is 2.70. The lowest BCUT2D eigenvalue weighted by Crippen LogP contribution is -2.05.